The molecular formula is C25H33F2N3O2. The van der Waals surface area contributed by atoms with E-state index in [1.54, 1.807) is 12.1 Å². The predicted octanol–water partition coefficient (Wildman–Crippen LogP) is 4.10. The second kappa shape index (κ2) is 11.9. The Balaban J connectivity index is 1.42. The van der Waals surface area contributed by atoms with Crippen molar-refractivity contribution in [2.45, 2.75) is 45.4 Å². The first-order valence-electron chi connectivity index (χ1n) is 11.3. The van der Waals surface area contributed by atoms with Gasteiger partial charge in [-0.05, 0) is 49.6 Å². The van der Waals surface area contributed by atoms with Crippen LogP contribution in [0.4, 0.5) is 8.78 Å². The molecule has 0 aromatic heterocycles. The lowest BCUT2D eigenvalue weighted by atomic mass is 10.1. The van der Waals surface area contributed by atoms with Crippen molar-refractivity contribution in [3.8, 4) is 5.75 Å². The molecule has 1 heterocycles. The van der Waals surface area contributed by atoms with Gasteiger partial charge >= 0.3 is 6.61 Å². The molecule has 1 amide bonds. The monoisotopic (exact) mass is 445 g/mol. The van der Waals surface area contributed by atoms with Crippen LogP contribution in [-0.2, 0) is 11.2 Å². The van der Waals surface area contributed by atoms with Gasteiger partial charge in [0.25, 0.3) is 0 Å². The number of hydrogen-bond acceptors (Lipinski definition) is 4. The third-order valence-electron chi connectivity index (χ3n) is 6.18. The number of amides is 1. The van der Waals surface area contributed by atoms with E-state index < -0.39 is 6.61 Å². The summed E-state index contributed by atoms with van der Waals surface area (Å²) in [6, 6.07) is 17.8. The second-order valence-electron chi connectivity index (χ2n) is 8.21. The Labute approximate surface area is 189 Å². The lowest BCUT2D eigenvalue weighted by molar-refractivity contribution is -0.122. The molecule has 0 radical (unpaired) electrons. The van der Waals surface area contributed by atoms with Gasteiger partial charge in [0.1, 0.15) is 5.75 Å². The van der Waals surface area contributed by atoms with Crippen molar-refractivity contribution in [2.75, 3.05) is 32.7 Å². The van der Waals surface area contributed by atoms with Gasteiger partial charge in [-0.3, -0.25) is 14.6 Å². The van der Waals surface area contributed by atoms with Crippen LogP contribution in [0.1, 0.15) is 37.4 Å². The molecule has 174 valence electrons. The summed E-state index contributed by atoms with van der Waals surface area (Å²) in [7, 11) is 0. The maximum Gasteiger partial charge on any atom is 0.387 e. The lowest BCUT2D eigenvalue weighted by Gasteiger charge is -2.29. The van der Waals surface area contributed by atoms with E-state index in [1.807, 2.05) is 6.07 Å². The van der Waals surface area contributed by atoms with Crippen LogP contribution < -0.4 is 10.1 Å². The molecule has 1 fully saturated rings. The number of ether oxygens (including phenoxy) is 1. The van der Waals surface area contributed by atoms with E-state index in [4.69, 9.17) is 0 Å². The minimum Gasteiger partial charge on any atom is -0.435 e. The highest BCUT2D eigenvalue weighted by Gasteiger charge is 2.30. The lowest BCUT2D eigenvalue weighted by Crippen LogP contribution is -2.44. The van der Waals surface area contributed by atoms with E-state index in [9.17, 15) is 13.6 Å². The zero-order valence-corrected chi connectivity index (χ0v) is 18.8. The molecule has 0 saturated carbocycles. The summed E-state index contributed by atoms with van der Waals surface area (Å²) in [6.07, 6.45) is 1.70. The van der Waals surface area contributed by atoms with Crippen LogP contribution in [0.5, 0.6) is 5.75 Å². The molecule has 32 heavy (non-hydrogen) atoms. The minimum absolute atomic E-state index is 0.0130. The van der Waals surface area contributed by atoms with Crippen molar-refractivity contribution < 1.29 is 18.3 Å². The summed E-state index contributed by atoms with van der Waals surface area (Å²) in [4.78, 5) is 17.2. The molecule has 1 aliphatic rings. The van der Waals surface area contributed by atoms with E-state index in [-0.39, 0.29) is 11.7 Å². The Bertz CT molecular complexity index is 833. The van der Waals surface area contributed by atoms with Crippen LogP contribution in [0.25, 0.3) is 0 Å². The molecule has 5 nitrogen and oxygen atoms in total. The van der Waals surface area contributed by atoms with Gasteiger partial charge in [-0.1, -0.05) is 49.4 Å². The Hall–Kier alpha value is -2.51. The minimum atomic E-state index is -2.82. The number of alkyl halides is 2. The van der Waals surface area contributed by atoms with Gasteiger partial charge in [0.05, 0.1) is 6.54 Å². The summed E-state index contributed by atoms with van der Waals surface area (Å²) in [5.41, 5.74) is 2.28. The summed E-state index contributed by atoms with van der Waals surface area (Å²) in [6.45, 7) is 5.23. The number of rotatable bonds is 11. The first kappa shape index (κ1) is 24.1. The molecule has 2 unspecified atom stereocenters. The first-order valence-corrected chi connectivity index (χ1v) is 11.3. The fourth-order valence-corrected chi connectivity index (χ4v) is 4.28. The van der Waals surface area contributed by atoms with Crippen molar-refractivity contribution in [2.24, 2.45) is 0 Å². The third-order valence-corrected chi connectivity index (χ3v) is 6.18. The Morgan fingerprint density at radius 1 is 1.19 bits per heavy atom. The molecule has 1 N–H and O–H groups in total. The zero-order valence-electron chi connectivity index (χ0n) is 18.8. The molecule has 7 heteroatoms. The Morgan fingerprint density at radius 3 is 2.56 bits per heavy atom. The number of nitrogens with zero attached hydrogens (tertiary/aromatic N) is 2. The van der Waals surface area contributed by atoms with Gasteiger partial charge in [-0.15, -0.1) is 0 Å². The van der Waals surface area contributed by atoms with Gasteiger partial charge in [0, 0.05) is 31.7 Å². The van der Waals surface area contributed by atoms with Gasteiger partial charge in [-0.2, -0.15) is 8.78 Å². The van der Waals surface area contributed by atoms with Gasteiger partial charge in [-0.25, -0.2) is 0 Å². The van der Waals surface area contributed by atoms with Crippen molar-refractivity contribution >= 4 is 5.91 Å². The number of carbonyl (C=O) groups excluding carboxylic acids is 1. The molecule has 1 aliphatic heterocycles. The highest BCUT2D eigenvalue weighted by atomic mass is 19.3. The van der Waals surface area contributed by atoms with Crippen molar-refractivity contribution in [1.82, 2.24) is 15.1 Å². The van der Waals surface area contributed by atoms with Crippen LogP contribution in [0.15, 0.2) is 54.6 Å². The van der Waals surface area contributed by atoms with E-state index >= 15 is 0 Å². The number of likely N-dealkylation sites (N-methyl/N-ethyl adjacent to an activating group) is 1. The SMILES string of the molecule is CCN(CC(=O)NCCc1ccc(OC(F)F)cc1)C1CCN(C(C)c2ccccc2)C1. The molecule has 1 saturated heterocycles. The van der Waals surface area contributed by atoms with Crippen LogP contribution in [0, 0.1) is 0 Å². The molecule has 2 aromatic rings. The van der Waals surface area contributed by atoms with Crippen LogP contribution in [-0.4, -0.2) is 61.1 Å². The summed E-state index contributed by atoms with van der Waals surface area (Å²) in [5, 5.41) is 2.98. The number of benzene rings is 2. The summed E-state index contributed by atoms with van der Waals surface area (Å²) in [5.74, 6) is 0.151. The standard InChI is InChI=1S/C25H33F2N3O2/c1-3-29(22-14-16-30(17-22)19(2)21-7-5-4-6-8-21)18-24(31)28-15-13-20-9-11-23(12-10-20)32-25(26)27/h4-12,19,22,25H,3,13-18H2,1-2H3,(H,28,31). The predicted molar refractivity (Wildman–Crippen MR) is 122 cm³/mol. The second-order valence-corrected chi connectivity index (χ2v) is 8.21. The van der Waals surface area contributed by atoms with Crippen molar-refractivity contribution in [1.29, 1.82) is 0 Å². The smallest absolute Gasteiger partial charge is 0.387 e. The van der Waals surface area contributed by atoms with Crippen LogP contribution >= 0.6 is 0 Å². The normalized spacial score (nSPS) is 17.6. The van der Waals surface area contributed by atoms with E-state index in [0.29, 0.717) is 31.6 Å². The molecule has 0 bridgehead atoms. The van der Waals surface area contributed by atoms with Crippen molar-refractivity contribution in [3.05, 3.63) is 65.7 Å². The topological polar surface area (TPSA) is 44.8 Å². The molecular weight excluding hydrogens is 412 g/mol. The largest absolute Gasteiger partial charge is 0.435 e. The third kappa shape index (κ3) is 7.00. The van der Waals surface area contributed by atoms with Crippen molar-refractivity contribution in [3.63, 3.8) is 0 Å². The average molecular weight is 446 g/mol. The molecule has 2 aromatic carbocycles. The summed E-state index contributed by atoms with van der Waals surface area (Å²) < 4.78 is 28.8. The molecule has 0 aliphatic carbocycles. The molecule has 0 spiro atoms. The highest BCUT2D eigenvalue weighted by molar-refractivity contribution is 5.78. The number of nitrogens with one attached hydrogen (secondary N) is 1. The zero-order chi connectivity index (χ0) is 22.9. The van der Waals surface area contributed by atoms with Gasteiger partial charge in [0.15, 0.2) is 0 Å². The first-order chi connectivity index (χ1) is 15.5. The fraction of sp³-hybridized carbons (Fsp3) is 0.480. The Morgan fingerprint density at radius 2 is 1.91 bits per heavy atom. The molecule has 3 rings (SSSR count). The molecule has 2 atom stereocenters. The van der Waals surface area contributed by atoms with E-state index in [2.05, 4.69) is 58.0 Å². The van der Waals surface area contributed by atoms with Gasteiger partial charge < -0.3 is 10.1 Å². The number of hydrogen-bond donors (Lipinski definition) is 1. The van der Waals surface area contributed by atoms with E-state index in [0.717, 1.165) is 31.6 Å². The number of likely N-dealkylation sites (tertiary alicyclic amines) is 1. The van der Waals surface area contributed by atoms with E-state index in [1.165, 1.54) is 17.7 Å². The van der Waals surface area contributed by atoms with Gasteiger partial charge in [0.2, 0.25) is 5.91 Å². The quantitative estimate of drug-likeness (QED) is 0.566. The number of carbonyl (C=O) groups is 1. The fourth-order valence-electron chi connectivity index (χ4n) is 4.28. The average Bonchev–Trinajstić information content (AvgIpc) is 3.28. The maximum atomic E-state index is 12.5. The van der Waals surface area contributed by atoms with Crippen LogP contribution in [0.2, 0.25) is 0 Å². The summed E-state index contributed by atoms with van der Waals surface area (Å²) >= 11 is 0. The maximum absolute atomic E-state index is 12.5. The van der Waals surface area contributed by atoms with Crippen LogP contribution in [0.3, 0.4) is 0 Å². The highest BCUT2D eigenvalue weighted by Crippen LogP contribution is 2.26. The number of halogens is 2. The Kier molecular flexibility index (Phi) is 9.00.